The van der Waals surface area contributed by atoms with E-state index in [-0.39, 0.29) is 23.1 Å². The Kier molecular flexibility index (Phi) is 4.30. The molecule has 0 bridgehead atoms. The molecule has 0 aliphatic carbocycles. The summed E-state index contributed by atoms with van der Waals surface area (Å²) in [5.74, 6) is -0.385. The van der Waals surface area contributed by atoms with Crippen LogP contribution in [0.2, 0.25) is 0 Å². The van der Waals surface area contributed by atoms with Crippen molar-refractivity contribution >= 4 is 32.7 Å². The highest BCUT2D eigenvalue weighted by atomic mass is 79.9. The molecule has 1 atom stereocenters. The summed E-state index contributed by atoms with van der Waals surface area (Å²) in [6.07, 6.45) is 0. The van der Waals surface area contributed by atoms with E-state index in [9.17, 15) is 9.59 Å². The summed E-state index contributed by atoms with van der Waals surface area (Å²) < 4.78 is 0.944. The van der Waals surface area contributed by atoms with E-state index >= 15 is 0 Å². The number of para-hydroxylation sites is 1. The number of rotatable bonds is 3. The number of pyridine rings is 1. The number of hydrogen-bond donors (Lipinski definition) is 2. The SMILES string of the molecule is CC(NC(=O)c1cc2ccccc2[nH]c1=O)c1cccc(Br)c1. The largest absolute Gasteiger partial charge is 0.345 e. The zero-order chi connectivity index (χ0) is 16.4. The minimum Gasteiger partial charge on any atom is -0.345 e. The number of aromatic nitrogens is 1. The van der Waals surface area contributed by atoms with Gasteiger partial charge in [-0.3, -0.25) is 9.59 Å². The smallest absolute Gasteiger partial charge is 0.261 e. The van der Waals surface area contributed by atoms with Crippen molar-refractivity contribution in [3.8, 4) is 0 Å². The van der Waals surface area contributed by atoms with Crippen LogP contribution < -0.4 is 10.9 Å². The van der Waals surface area contributed by atoms with Gasteiger partial charge in [0.2, 0.25) is 0 Å². The standard InChI is InChI=1S/C18H15BrN2O2/c1-11(12-6-4-7-14(19)9-12)20-17(22)15-10-13-5-2-3-8-16(13)21-18(15)23/h2-11H,1H3,(H,20,22)(H,21,23). The van der Waals surface area contributed by atoms with Crippen molar-refractivity contribution in [1.29, 1.82) is 0 Å². The van der Waals surface area contributed by atoms with E-state index in [2.05, 4.69) is 26.2 Å². The quantitative estimate of drug-likeness (QED) is 0.736. The molecule has 116 valence electrons. The first-order chi connectivity index (χ1) is 11.0. The van der Waals surface area contributed by atoms with E-state index in [0.29, 0.717) is 5.52 Å². The molecule has 3 aromatic rings. The van der Waals surface area contributed by atoms with Gasteiger partial charge in [0.05, 0.1) is 6.04 Å². The highest BCUT2D eigenvalue weighted by molar-refractivity contribution is 9.10. The van der Waals surface area contributed by atoms with Crippen LogP contribution >= 0.6 is 15.9 Å². The van der Waals surface area contributed by atoms with Gasteiger partial charge in [-0.25, -0.2) is 0 Å². The molecule has 5 heteroatoms. The molecule has 4 nitrogen and oxygen atoms in total. The second-order valence-corrected chi connectivity index (χ2v) is 6.27. The van der Waals surface area contributed by atoms with Gasteiger partial charge in [0.15, 0.2) is 0 Å². The summed E-state index contributed by atoms with van der Waals surface area (Å²) in [5, 5.41) is 3.69. The van der Waals surface area contributed by atoms with Crippen LogP contribution in [0.3, 0.4) is 0 Å². The van der Waals surface area contributed by atoms with Gasteiger partial charge < -0.3 is 10.3 Å². The Hall–Kier alpha value is -2.40. The molecule has 0 spiro atoms. The molecule has 1 unspecified atom stereocenters. The van der Waals surface area contributed by atoms with Gasteiger partial charge in [-0.15, -0.1) is 0 Å². The summed E-state index contributed by atoms with van der Waals surface area (Å²) in [7, 11) is 0. The van der Waals surface area contributed by atoms with Gasteiger partial charge in [-0.05, 0) is 42.1 Å². The Morgan fingerprint density at radius 2 is 1.91 bits per heavy atom. The zero-order valence-electron chi connectivity index (χ0n) is 12.5. The first-order valence-electron chi connectivity index (χ1n) is 7.23. The van der Waals surface area contributed by atoms with Gasteiger partial charge in [0, 0.05) is 9.99 Å². The van der Waals surface area contributed by atoms with Crippen molar-refractivity contribution in [3.63, 3.8) is 0 Å². The molecule has 0 fully saturated rings. The second-order valence-electron chi connectivity index (χ2n) is 5.35. The zero-order valence-corrected chi connectivity index (χ0v) is 14.1. The lowest BCUT2D eigenvalue weighted by Crippen LogP contribution is -2.31. The van der Waals surface area contributed by atoms with Crippen molar-refractivity contribution in [2.45, 2.75) is 13.0 Å². The second kappa shape index (κ2) is 6.38. The molecular weight excluding hydrogens is 356 g/mol. The number of amides is 1. The van der Waals surface area contributed by atoms with Crippen LogP contribution in [0.25, 0.3) is 10.9 Å². The van der Waals surface area contributed by atoms with Crippen molar-refractivity contribution in [1.82, 2.24) is 10.3 Å². The predicted octanol–water partition coefficient (Wildman–Crippen LogP) is 3.78. The van der Waals surface area contributed by atoms with Crippen molar-refractivity contribution in [3.05, 3.63) is 80.6 Å². The molecule has 0 saturated carbocycles. The number of aromatic amines is 1. The van der Waals surface area contributed by atoms with Gasteiger partial charge in [0.1, 0.15) is 5.56 Å². The topological polar surface area (TPSA) is 62.0 Å². The summed E-state index contributed by atoms with van der Waals surface area (Å²) in [6.45, 7) is 1.88. The average Bonchev–Trinajstić information content (AvgIpc) is 2.54. The summed E-state index contributed by atoms with van der Waals surface area (Å²) in [5.41, 5.74) is 1.41. The number of H-pyrrole nitrogens is 1. The van der Waals surface area contributed by atoms with Crippen LogP contribution in [0, 0.1) is 0 Å². The number of fused-ring (bicyclic) bond motifs is 1. The fraction of sp³-hybridized carbons (Fsp3) is 0.111. The number of benzene rings is 2. The third kappa shape index (κ3) is 3.35. The fourth-order valence-electron chi connectivity index (χ4n) is 2.45. The first kappa shape index (κ1) is 15.5. The molecule has 23 heavy (non-hydrogen) atoms. The summed E-state index contributed by atoms with van der Waals surface area (Å²) in [6, 6.07) is 16.5. The van der Waals surface area contributed by atoms with E-state index < -0.39 is 0 Å². The summed E-state index contributed by atoms with van der Waals surface area (Å²) >= 11 is 3.41. The minimum absolute atomic E-state index is 0.116. The summed E-state index contributed by atoms with van der Waals surface area (Å²) in [4.78, 5) is 27.3. The van der Waals surface area contributed by atoms with Crippen LogP contribution in [-0.4, -0.2) is 10.9 Å². The van der Waals surface area contributed by atoms with Crippen molar-refractivity contribution in [2.24, 2.45) is 0 Å². The average molecular weight is 371 g/mol. The third-order valence-electron chi connectivity index (χ3n) is 3.69. The van der Waals surface area contributed by atoms with E-state index in [1.807, 2.05) is 55.5 Å². The van der Waals surface area contributed by atoms with Crippen LogP contribution in [0.15, 0.2) is 63.9 Å². The Balaban J connectivity index is 1.88. The lowest BCUT2D eigenvalue weighted by Gasteiger charge is -2.14. The van der Waals surface area contributed by atoms with Crippen molar-refractivity contribution in [2.75, 3.05) is 0 Å². The van der Waals surface area contributed by atoms with Gasteiger partial charge >= 0.3 is 0 Å². The maximum Gasteiger partial charge on any atom is 0.261 e. The van der Waals surface area contributed by atoms with Crippen LogP contribution in [0.5, 0.6) is 0 Å². The van der Waals surface area contributed by atoms with Gasteiger partial charge in [-0.2, -0.15) is 0 Å². The van der Waals surface area contributed by atoms with Crippen molar-refractivity contribution < 1.29 is 4.79 Å². The fourth-order valence-corrected chi connectivity index (χ4v) is 2.87. The number of carbonyl (C=O) groups is 1. The van der Waals surface area contributed by atoms with E-state index in [1.165, 1.54) is 0 Å². The third-order valence-corrected chi connectivity index (χ3v) is 4.19. The molecule has 2 N–H and O–H groups in total. The number of nitrogens with one attached hydrogen (secondary N) is 2. The Morgan fingerprint density at radius 1 is 1.13 bits per heavy atom. The molecule has 0 aliphatic heterocycles. The molecule has 1 aromatic heterocycles. The molecular formula is C18H15BrN2O2. The molecule has 3 rings (SSSR count). The highest BCUT2D eigenvalue weighted by Crippen LogP contribution is 2.18. The first-order valence-corrected chi connectivity index (χ1v) is 8.02. The minimum atomic E-state index is -0.386. The predicted molar refractivity (Wildman–Crippen MR) is 94.6 cm³/mol. The Morgan fingerprint density at radius 3 is 2.70 bits per heavy atom. The molecule has 1 amide bonds. The lowest BCUT2D eigenvalue weighted by atomic mass is 10.1. The van der Waals surface area contributed by atoms with Crippen LogP contribution in [-0.2, 0) is 0 Å². The van der Waals surface area contributed by atoms with Gasteiger partial charge in [0.25, 0.3) is 11.5 Å². The van der Waals surface area contributed by atoms with Crippen LogP contribution in [0.1, 0.15) is 28.9 Å². The molecule has 0 aliphatic rings. The normalized spacial score (nSPS) is 12.1. The van der Waals surface area contributed by atoms with Crippen LogP contribution in [0.4, 0.5) is 0 Å². The van der Waals surface area contributed by atoms with E-state index in [4.69, 9.17) is 0 Å². The molecule has 0 radical (unpaired) electrons. The molecule has 1 heterocycles. The highest BCUT2D eigenvalue weighted by Gasteiger charge is 2.15. The maximum atomic E-state index is 12.4. The lowest BCUT2D eigenvalue weighted by molar-refractivity contribution is 0.0938. The molecule has 2 aromatic carbocycles. The van der Waals surface area contributed by atoms with E-state index in [0.717, 1.165) is 15.4 Å². The van der Waals surface area contributed by atoms with Gasteiger partial charge in [-0.1, -0.05) is 46.3 Å². The monoisotopic (exact) mass is 370 g/mol. The number of carbonyl (C=O) groups excluding carboxylic acids is 1. The molecule has 0 saturated heterocycles. The maximum absolute atomic E-state index is 12.4. The number of halogens is 1. The Bertz CT molecular complexity index is 933. The Labute approximate surface area is 141 Å². The van der Waals surface area contributed by atoms with E-state index in [1.54, 1.807) is 6.07 Å². The number of hydrogen-bond acceptors (Lipinski definition) is 2.